The molecule has 4 rings (SSSR count). The Bertz CT molecular complexity index is 879. The van der Waals surface area contributed by atoms with Crippen LogP contribution in [0.15, 0.2) is 47.0 Å². The van der Waals surface area contributed by atoms with E-state index in [1.54, 1.807) is 18.4 Å². The van der Waals surface area contributed by atoms with Crippen LogP contribution < -0.4 is 15.0 Å². The highest BCUT2D eigenvalue weighted by atomic mass is 32.1. The number of anilines is 1. The molecule has 1 aromatic carbocycles. The van der Waals surface area contributed by atoms with Crippen LogP contribution in [0.4, 0.5) is 5.69 Å². The highest BCUT2D eigenvalue weighted by Crippen LogP contribution is 2.20. The summed E-state index contributed by atoms with van der Waals surface area (Å²) in [6, 6.07) is 8.26. The van der Waals surface area contributed by atoms with E-state index in [1.807, 2.05) is 30.8 Å². The van der Waals surface area contributed by atoms with Gasteiger partial charge in [-0.15, -0.1) is 11.3 Å². The summed E-state index contributed by atoms with van der Waals surface area (Å²) >= 11 is 1.65. The fraction of sp³-hybridized carbons (Fsp3) is 0.368. The van der Waals surface area contributed by atoms with Gasteiger partial charge in [0.25, 0.3) is 0 Å². The van der Waals surface area contributed by atoms with Crippen LogP contribution in [-0.4, -0.2) is 60.6 Å². The summed E-state index contributed by atoms with van der Waals surface area (Å²) in [5.74, 6) is 1.82. The molecule has 0 aliphatic carbocycles. The number of rotatable bonds is 4. The van der Waals surface area contributed by atoms with Gasteiger partial charge in [-0.2, -0.15) is 0 Å². The van der Waals surface area contributed by atoms with E-state index in [-0.39, 0.29) is 0 Å². The molecule has 142 valence electrons. The molecule has 3 aromatic rings. The van der Waals surface area contributed by atoms with E-state index in [0.717, 1.165) is 48.5 Å². The van der Waals surface area contributed by atoms with Crippen LogP contribution in [0.25, 0.3) is 4.96 Å². The van der Waals surface area contributed by atoms with Gasteiger partial charge in [-0.25, -0.2) is 4.98 Å². The van der Waals surface area contributed by atoms with Gasteiger partial charge in [0.1, 0.15) is 5.75 Å². The summed E-state index contributed by atoms with van der Waals surface area (Å²) in [6.07, 6.45) is 4.09. The van der Waals surface area contributed by atoms with E-state index < -0.39 is 0 Å². The Morgan fingerprint density at radius 3 is 2.67 bits per heavy atom. The summed E-state index contributed by atoms with van der Waals surface area (Å²) in [7, 11) is 3.53. The lowest BCUT2D eigenvalue weighted by Gasteiger charge is -2.37. The van der Waals surface area contributed by atoms with Crippen molar-refractivity contribution in [1.29, 1.82) is 0 Å². The van der Waals surface area contributed by atoms with Gasteiger partial charge in [-0.3, -0.25) is 9.39 Å². The maximum atomic E-state index is 5.24. The lowest BCUT2D eigenvalue weighted by molar-refractivity contribution is 0.372. The van der Waals surface area contributed by atoms with Crippen molar-refractivity contribution in [2.75, 3.05) is 45.2 Å². The third-order valence-corrected chi connectivity index (χ3v) is 5.57. The number of imidazole rings is 1. The number of fused-ring (bicyclic) bond motifs is 1. The fourth-order valence-corrected chi connectivity index (χ4v) is 4.05. The second kappa shape index (κ2) is 7.87. The first-order chi connectivity index (χ1) is 13.3. The molecule has 7 nitrogen and oxygen atoms in total. The zero-order chi connectivity index (χ0) is 18.6. The molecule has 1 aliphatic rings. The van der Waals surface area contributed by atoms with Crippen molar-refractivity contribution in [3.8, 4) is 5.75 Å². The zero-order valence-corrected chi connectivity index (χ0v) is 16.4. The Morgan fingerprint density at radius 2 is 2.00 bits per heavy atom. The molecule has 0 bridgehead atoms. The average molecular weight is 385 g/mol. The number of guanidine groups is 1. The van der Waals surface area contributed by atoms with Crippen molar-refractivity contribution in [2.24, 2.45) is 4.99 Å². The number of nitrogens with one attached hydrogen (secondary N) is 1. The van der Waals surface area contributed by atoms with Gasteiger partial charge in [0, 0.05) is 56.7 Å². The molecule has 3 heterocycles. The second-order valence-electron chi connectivity index (χ2n) is 6.40. The van der Waals surface area contributed by atoms with Crippen LogP contribution in [-0.2, 0) is 6.54 Å². The van der Waals surface area contributed by atoms with Gasteiger partial charge in [0.05, 0.1) is 19.3 Å². The van der Waals surface area contributed by atoms with E-state index in [1.165, 1.54) is 5.69 Å². The number of benzene rings is 1. The minimum atomic E-state index is 0.680. The van der Waals surface area contributed by atoms with Crippen molar-refractivity contribution in [2.45, 2.75) is 6.54 Å². The largest absolute Gasteiger partial charge is 0.497 e. The monoisotopic (exact) mass is 384 g/mol. The van der Waals surface area contributed by atoms with E-state index in [0.29, 0.717) is 6.54 Å². The quantitative estimate of drug-likeness (QED) is 0.553. The number of ether oxygens (including phenoxy) is 1. The van der Waals surface area contributed by atoms with Crippen molar-refractivity contribution < 1.29 is 4.74 Å². The van der Waals surface area contributed by atoms with E-state index >= 15 is 0 Å². The smallest absolute Gasteiger partial charge is 0.194 e. The number of thiazole rings is 1. The van der Waals surface area contributed by atoms with Crippen molar-refractivity contribution in [3.05, 3.63) is 47.7 Å². The number of nitrogens with zero attached hydrogens (tertiary/aromatic N) is 5. The van der Waals surface area contributed by atoms with Crippen LogP contribution in [0, 0.1) is 0 Å². The Hall–Kier alpha value is -2.74. The Labute approximate surface area is 162 Å². The van der Waals surface area contributed by atoms with Gasteiger partial charge in [0.15, 0.2) is 10.9 Å². The molecule has 0 saturated carbocycles. The molecule has 0 spiro atoms. The first-order valence-electron chi connectivity index (χ1n) is 9.02. The number of methoxy groups -OCH3 is 1. The third-order valence-electron chi connectivity index (χ3n) is 4.80. The average Bonchev–Trinajstić information content (AvgIpc) is 3.31. The lowest BCUT2D eigenvalue weighted by Crippen LogP contribution is -2.52. The van der Waals surface area contributed by atoms with Crippen LogP contribution in [0.5, 0.6) is 5.75 Å². The van der Waals surface area contributed by atoms with Crippen LogP contribution in [0.1, 0.15) is 5.69 Å². The molecule has 2 aromatic heterocycles. The standard InChI is InChI=1S/C19H24N6OS/c1-20-18(21-13-15-14-25-11-12-27-19(25)22-15)24-9-7-23(8-10-24)16-3-5-17(26-2)6-4-16/h3-6,11-12,14H,7-10,13H2,1-2H3,(H,20,21). The van der Waals surface area contributed by atoms with Crippen LogP contribution in [0.3, 0.4) is 0 Å². The maximum Gasteiger partial charge on any atom is 0.194 e. The fourth-order valence-electron chi connectivity index (χ4n) is 3.33. The first-order valence-corrected chi connectivity index (χ1v) is 9.90. The van der Waals surface area contributed by atoms with Gasteiger partial charge in [-0.05, 0) is 24.3 Å². The topological polar surface area (TPSA) is 57.4 Å². The molecule has 27 heavy (non-hydrogen) atoms. The van der Waals surface area contributed by atoms with E-state index in [4.69, 9.17) is 4.74 Å². The first kappa shape index (κ1) is 17.7. The van der Waals surface area contributed by atoms with Crippen LogP contribution >= 0.6 is 11.3 Å². The summed E-state index contributed by atoms with van der Waals surface area (Å²) in [6.45, 7) is 4.48. The SMILES string of the molecule is CN=C(NCc1cn2ccsc2n1)N1CCN(c2ccc(OC)cc2)CC1. The molecule has 1 fully saturated rings. The normalized spacial score (nSPS) is 15.4. The van der Waals surface area contributed by atoms with Crippen LogP contribution in [0.2, 0.25) is 0 Å². The predicted molar refractivity (Wildman–Crippen MR) is 110 cm³/mol. The van der Waals surface area contributed by atoms with Gasteiger partial charge in [0.2, 0.25) is 0 Å². The molecule has 0 amide bonds. The molecule has 0 radical (unpaired) electrons. The maximum absolute atomic E-state index is 5.24. The second-order valence-corrected chi connectivity index (χ2v) is 7.27. The number of hydrogen-bond acceptors (Lipinski definition) is 5. The molecular formula is C19H24N6OS. The number of aliphatic imine (C=N–C) groups is 1. The molecule has 1 N–H and O–H groups in total. The highest BCUT2D eigenvalue weighted by molar-refractivity contribution is 7.15. The van der Waals surface area contributed by atoms with Gasteiger partial charge in [-0.1, -0.05) is 0 Å². The van der Waals surface area contributed by atoms with Crippen molar-refractivity contribution in [3.63, 3.8) is 0 Å². The molecular weight excluding hydrogens is 360 g/mol. The Morgan fingerprint density at radius 1 is 1.22 bits per heavy atom. The number of piperazine rings is 1. The minimum Gasteiger partial charge on any atom is -0.497 e. The van der Waals surface area contributed by atoms with Crippen molar-refractivity contribution >= 4 is 27.9 Å². The van der Waals surface area contributed by atoms with Crippen molar-refractivity contribution in [1.82, 2.24) is 19.6 Å². The predicted octanol–water partition coefficient (Wildman–Crippen LogP) is 2.30. The minimum absolute atomic E-state index is 0.680. The summed E-state index contributed by atoms with van der Waals surface area (Å²) in [4.78, 5) is 14.8. The van der Waals surface area contributed by atoms with Gasteiger partial charge < -0.3 is 19.9 Å². The molecule has 0 unspecified atom stereocenters. The summed E-state index contributed by atoms with van der Waals surface area (Å²) in [5, 5.41) is 5.49. The molecule has 1 saturated heterocycles. The third kappa shape index (κ3) is 3.85. The summed E-state index contributed by atoms with van der Waals surface area (Å²) in [5.41, 5.74) is 2.26. The lowest BCUT2D eigenvalue weighted by atomic mass is 10.2. The molecule has 8 heteroatoms. The number of hydrogen-bond donors (Lipinski definition) is 1. The Balaban J connectivity index is 1.32. The van der Waals surface area contributed by atoms with E-state index in [2.05, 4.69) is 47.8 Å². The molecule has 0 atom stereocenters. The molecule has 1 aliphatic heterocycles. The summed E-state index contributed by atoms with van der Waals surface area (Å²) < 4.78 is 7.29. The van der Waals surface area contributed by atoms with Gasteiger partial charge >= 0.3 is 0 Å². The van der Waals surface area contributed by atoms with E-state index in [9.17, 15) is 0 Å². The highest BCUT2D eigenvalue weighted by Gasteiger charge is 2.20. The number of aromatic nitrogens is 2. The Kier molecular flexibility index (Phi) is 5.15. The zero-order valence-electron chi connectivity index (χ0n) is 15.6.